The number of carbonyl (C=O) groups is 2. The topological polar surface area (TPSA) is 55.4 Å². The van der Waals surface area contributed by atoms with Crippen LogP contribution in [0.15, 0.2) is 60.7 Å². The Balaban J connectivity index is 2.04. The van der Waals surface area contributed by atoms with Crippen LogP contribution in [-0.4, -0.2) is 25.3 Å². The van der Waals surface area contributed by atoms with E-state index < -0.39 is 0 Å². The quantitative estimate of drug-likeness (QED) is 0.691. The number of ketones is 1. The van der Waals surface area contributed by atoms with E-state index in [1.54, 1.807) is 7.11 Å². The van der Waals surface area contributed by atoms with Gasteiger partial charge >= 0.3 is 0 Å². The number of fused-ring (bicyclic) bond motifs is 1. The molecule has 1 amide bonds. The average Bonchev–Trinajstić information content (AvgIpc) is 2.67. The Morgan fingerprint density at radius 2 is 1.73 bits per heavy atom. The molecule has 1 N–H and O–H groups in total. The van der Waals surface area contributed by atoms with Gasteiger partial charge in [-0.3, -0.25) is 9.59 Å². The monoisotopic (exact) mass is 347 g/mol. The molecule has 0 aromatic heterocycles. The molecule has 4 nitrogen and oxygen atoms in total. The molecule has 0 aliphatic carbocycles. The zero-order valence-electron chi connectivity index (χ0n) is 14.9. The van der Waals surface area contributed by atoms with Crippen LogP contribution in [0.3, 0.4) is 0 Å². The van der Waals surface area contributed by atoms with E-state index in [4.69, 9.17) is 4.74 Å². The van der Waals surface area contributed by atoms with E-state index in [0.717, 1.165) is 22.1 Å². The summed E-state index contributed by atoms with van der Waals surface area (Å²) in [5.74, 6) is 0.688. The molecule has 4 heteroatoms. The molecule has 132 valence electrons. The summed E-state index contributed by atoms with van der Waals surface area (Å²) < 4.78 is 5.33. The molecule has 3 aromatic rings. The molecule has 0 bridgehead atoms. The van der Waals surface area contributed by atoms with E-state index in [2.05, 4.69) is 5.32 Å². The normalized spacial score (nSPS) is 10.5. The van der Waals surface area contributed by atoms with E-state index in [1.807, 2.05) is 60.7 Å². The Morgan fingerprint density at radius 1 is 0.962 bits per heavy atom. The van der Waals surface area contributed by atoms with Crippen LogP contribution in [0, 0.1) is 0 Å². The number of hydrogen-bond donors (Lipinski definition) is 1. The van der Waals surface area contributed by atoms with Crippen LogP contribution in [0.5, 0.6) is 5.75 Å². The minimum atomic E-state index is -0.0663. The first-order chi connectivity index (χ1) is 12.6. The molecule has 3 aromatic carbocycles. The molecular weight excluding hydrogens is 326 g/mol. The van der Waals surface area contributed by atoms with Gasteiger partial charge in [-0.15, -0.1) is 0 Å². The van der Waals surface area contributed by atoms with Crippen molar-refractivity contribution < 1.29 is 14.3 Å². The van der Waals surface area contributed by atoms with Crippen molar-refractivity contribution in [3.63, 3.8) is 0 Å². The zero-order valence-corrected chi connectivity index (χ0v) is 14.9. The predicted molar refractivity (Wildman–Crippen MR) is 103 cm³/mol. The fourth-order valence-corrected chi connectivity index (χ4v) is 3.01. The molecule has 0 radical (unpaired) electrons. The molecule has 0 atom stereocenters. The molecule has 0 aliphatic heterocycles. The average molecular weight is 347 g/mol. The summed E-state index contributed by atoms with van der Waals surface area (Å²) in [6.07, 6.45) is 0.638. The summed E-state index contributed by atoms with van der Waals surface area (Å²) in [4.78, 5) is 24.0. The molecule has 0 spiro atoms. The van der Waals surface area contributed by atoms with Crippen molar-refractivity contribution in [2.75, 3.05) is 13.7 Å². The predicted octanol–water partition coefficient (Wildman–Crippen LogP) is 3.76. The number of amides is 1. The first-order valence-electron chi connectivity index (χ1n) is 8.53. The third-order valence-electron chi connectivity index (χ3n) is 4.31. The minimum Gasteiger partial charge on any atom is -0.497 e. The molecule has 0 saturated carbocycles. The van der Waals surface area contributed by atoms with Crippen LogP contribution in [0.25, 0.3) is 10.8 Å². The van der Waals surface area contributed by atoms with Crippen LogP contribution in [0.1, 0.15) is 28.4 Å². The van der Waals surface area contributed by atoms with E-state index in [0.29, 0.717) is 24.1 Å². The second kappa shape index (κ2) is 7.83. The van der Waals surface area contributed by atoms with Gasteiger partial charge in [0.2, 0.25) is 5.91 Å². The van der Waals surface area contributed by atoms with E-state index in [9.17, 15) is 9.59 Å². The minimum absolute atomic E-state index is 0.0101. The Kier molecular flexibility index (Phi) is 5.32. The molecule has 0 saturated heterocycles. The Bertz CT molecular complexity index is 948. The summed E-state index contributed by atoms with van der Waals surface area (Å²) in [7, 11) is 1.63. The largest absolute Gasteiger partial charge is 0.497 e. The summed E-state index contributed by atoms with van der Waals surface area (Å²) in [5.41, 5.74) is 2.31. The van der Waals surface area contributed by atoms with Crippen LogP contribution < -0.4 is 10.1 Å². The van der Waals surface area contributed by atoms with Crippen LogP contribution in [0.4, 0.5) is 0 Å². The van der Waals surface area contributed by atoms with Crippen LogP contribution in [0.2, 0.25) is 0 Å². The maximum Gasteiger partial charge on any atom is 0.216 e. The lowest BCUT2D eigenvalue weighted by Gasteiger charge is -2.12. The summed E-state index contributed by atoms with van der Waals surface area (Å²) in [6.45, 7) is 2.01. The van der Waals surface area contributed by atoms with Crippen molar-refractivity contribution in [3.05, 3.63) is 77.4 Å². The SMILES string of the molecule is COc1ccc2cc(C(=O)c3ccccc3)cc(CCNC(C)=O)c2c1. The number of methoxy groups -OCH3 is 1. The maximum atomic E-state index is 12.9. The van der Waals surface area contributed by atoms with Gasteiger partial charge in [0, 0.05) is 24.6 Å². The number of rotatable bonds is 6. The Hall–Kier alpha value is -3.14. The highest BCUT2D eigenvalue weighted by Crippen LogP contribution is 2.27. The van der Waals surface area contributed by atoms with Crippen molar-refractivity contribution in [2.45, 2.75) is 13.3 Å². The van der Waals surface area contributed by atoms with Gasteiger partial charge in [-0.25, -0.2) is 0 Å². The van der Waals surface area contributed by atoms with Crippen molar-refractivity contribution in [1.82, 2.24) is 5.32 Å². The van der Waals surface area contributed by atoms with Gasteiger partial charge < -0.3 is 10.1 Å². The number of carbonyl (C=O) groups excluding carboxylic acids is 2. The number of benzene rings is 3. The highest BCUT2D eigenvalue weighted by molar-refractivity contribution is 6.11. The molecule has 0 fully saturated rings. The van der Waals surface area contributed by atoms with Crippen LogP contribution in [-0.2, 0) is 11.2 Å². The van der Waals surface area contributed by atoms with E-state index in [-0.39, 0.29) is 11.7 Å². The number of ether oxygens (including phenoxy) is 1. The molecule has 0 unspecified atom stereocenters. The fraction of sp³-hybridized carbons (Fsp3) is 0.182. The van der Waals surface area contributed by atoms with Gasteiger partial charge in [0.15, 0.2) is 5.78 Å². The van der Waals surface area contributed by atoms with Gasteiger partial charge in [0.05, 0.1) is 7.11 Å². The highest BCUT2D eigenvalue weighted by Gasteiger charge is 2.13. The summed E-state index contributed by atoms with van der Waals surface area (Å²) in [6, 6.07) is 18.9. The van der Waals surface area contributed by atoms with Gasteiger partial charge in [-0.05, 0) is 47.0 Å². The van der Waals surface area contributed by atoms with Crippen molar-refractivity contribution in [3.8, 4) is 5.75 Å². The van der Waals surface area contributed by atoms with Crippen molar-refractivity contribution >= 4 is 22.5 Å². The first kappa shape index (κ1) is 17.7. The lowest BCUT2D eigenvalue weighted by Crippen LogP contribution is -2.22. The molecule has 3 rings (SSSR count). The number of nitrogens with one attached hydrogen (secondary N) is 1. The Labute approximate surface area is 152 Å². The van der Waals surface area contributed by atoms with Gasteiger partial charge in [-0.2, -0.15) is 0 Å². The lowest BCUT2D eigenvalue weighted by atomic mass is 9.94. The Morgan fingerprint density at radius 3 is 2.42 bits per heavy atom. The van der Waals surface area contributed by atoms with E-state index >= 15 is 0 Å². The van der Waals surface area contributed by atoms with E-state index in [1.165, 1.54) is 6.92 Å². The highest BCUT2D eigenvalue weighted by atomic mass is 16.5. The first-order valence-corrected chi connectivity index (χ1v) is 8.53. The lowest BCUT2D eigenvalue weighted by molar-refractivity contribution is -0.118. The second-order valence-electron chi connectivity index (χ2n) is 6.15. The molecule has 26 heavy (non-hydrogen) atoms. The maximum absolute atomic E-state index is 12.9. The molecular formula is C22H21NO3. The standard InChI is InChI=1S/C22H21NO3/c1-15(24)23-11-10-18-13-19(22(25)16-6-4-3-5-7-16)12-17-8-9-20(26-2)14-21(17)18/h3-9,12-14H,10-11H2,1-2H3,(H,23,24). The third-order valence-corrected chi connectivity index (χ3v) is 4.31. The van der Waals surface area contributed by atoms with Crippen molar-refractivity contribution in [1.29, 1.82) is 0 Å². The van der Waals surface area contributed by atoms with Crippen LogP contribution >= 0.6 is 0 Å². The zero-order chi connectivity index (χ0) is 18.5. The summed E-state index contributed by atoms with van der Waals surface area (Å²) in [5, 5.41) is 4.82. The van der Waals surface area contributed by atoms with Gasteiger partial charge in [-0.1, -0.05) is 36.4 Å². The summed E-state index contributed by atoms with van der Waals surface area (Å²) >= 11 is 0. The fourth-order valence-electron chi connectivity index (χ4n) is 3.01. The van der Waals surface area contributed by atoms with Crippen molar-refractivity contribution in [2.24, 2.45) is 0 Å². The number of hydrogen-bond acceptors (Lipinski definition) is 3. The molecule has 0 heterocycles. The van der Waals surface area contributed by atoms with Gasteiger partial charge in [0.1, 0.15) is 5.75 Å². The third kappa shape index (κ3) is 3.91. The second-order valence-corrected chi connectivity index (χ2v) is 6.15. The van der Waals surface area contributed by atoms with Gasteiger partial charge in [0.25, 0.3) is 0 Å². The smallest absolute Gasteiger partial charge is 0.216 e. The molecule has 0 aliphatic rings.